The second kappa shape index (κ2) is 5.57. The molecule has 3 rings (SSSR count). The van der Waals surface area contributed by atoms with Crippen molar-refractivity contribution in [2.24, 2.45) is 0 Å². The van der Waals surface area contributed by atoms with Gasteiger partial charge in [-0.15, -0.1) is 0 Å². The highest BCUT2D eigenvalue weighted by Gasteiger charge is 2.14. The Bertz CT molecular complexity index is 745. The Labute approximate surface area is 126 Å². The van der Waals surface area contributed by atoms with Gasteiger partial charge in [0, 0.05) is 0 Å². The number of rotatable bonds is 3. The van der Waals surface area contributed by atoms with Crippen molar-refractivity contribution in [3.8, 4) is 0 Å². The molecular weight excluding hydrogens is 286 g/mol. The minimum atomic E-state index is -0.296. The van der Waals surface area contributed by atoms with E-state index in [1.807, 2.05) is 50.2 Å². The molecule has 21 heavy (non-hydrogen) atoms. The lowest BCUT2D eigenvalue weighted by Gasteiger charge is -2.11. The summed E-state index contributed by atoms with van der Waals surface area (Å²) in [5.74, 6) is 1.55. The Morgan fingerprint density at radius 3 is 2.81 bits per heavy atom. The number of aryl methyl sites for hydroxylation is 1. The number of aromatic nitrogens is 1. The first kappa shape index (κ1) is 13.6. The molecule has 2 heterocycles. The van der Waals surface area contributed by atoms with Crippen LogP contribution in [0.3, 0.4) is 0 Å². The number of benzene rings is 1. The van der Waals surface area contributed by atoms with Crippen LogP contribution in [-0.2, 0) is 0 Å². The SMILES string of the molecule is Cc1ccc(C(C)NC(=O)Nc2nc3ccccc3s2)o1. The van der Waals surface area contributed by atoms with Crippen LogP contribution in [0.15, 0.2) is 40.8 Å². The molecule has 0 aliphatic carbocycles. The number of amides is 2. The summed E-state index contributed by atoms with van der Waals surface area (Å²) >= 11 is 1.45. The maximum Gasteiger partial charge on any atom is 0.321 e. The number of hydrogen-bond donors (Lipinski definition) is 2. The molecule has 0 bridgehead atoms. The van der Waals surface area contributed by atoms with Crippen molar-refractivity contribution < 1.29 is 9.21 Å². The monoisotopic (exact) mass is 301 g/mol. The Hall–Kier alpha value is -2.34. The van der Waals surface area contributed by atoms with Gasteiger partial charge in [-0.2, -0.15) is 0 Å². The lowest BCUT2D eigenvalue weighted by atomic mass is 10.2. The highest BCUT2D eigenvalue weighted by atomic mass is 32.1. The molecule has 0 fully saturated rings. The second-order valence-corrected chi connectivity index (χ2v) is 5.79. The fraction of sp³-hybridized carbons (Fsp3) is 0.200. The highest BCUT2D eigenvalue weighted by molar-refractivity contribution is 7.22. The van der Waals surface area contributed by atoms with Crippen molar-refractivity contribution in [1.82, 2.24) is 10.3 Å². The third kappa shape index (κ3) is 3.05. The molecule has 0 saturated heterocycles. The van der Waals surface area contributed by atoms with Crippen molar-refractivity contribution in [2.75, 3.05) is 5.32 Å². The number of carbonyl (C=O) groups is 1. The largest absolute Gasteiger partial charge is 0.464 e. The molecule has 1 atom stereocenters. The van der Waals surface area contributed by atoms with E-state index in [1.165, 1.54) is 11.3 Å². The van der Waals surface area contributed by atoms with E-state index in [9.17, 15) is 4.79 Å². The van der Waals surface area contributed by atoms with Gasteiger partial charge in [0.25, 0.3) is 0 Å². The van der Waals surface area contributed by atoms with E-state index in [2.05, 4.69) is 15.6 Å². The van der Waals surface area contributed by atoms with Crippen LogP contribution >= 0.6 is 11.3 Å². The van der Waals surface area contributed by atoms with Gasteiger partial charge in [0.1, 0.15) is 11.5 Å². The molecule has 2 amide bonds. The van der Waals surface area contributed by atoms with Crippen LogP contribution in [0.5, 0.6) is 0 Å². The van der Waals surface area contributed by atoms with Gasteiger partial charge in [-0.25, -0.2) is 9.78 Å². The van der Waals surface area contributed by atoms with Crippen LogP contribution < -0.4 is 10.6 Å². The van der Waals surface area contributed by atoms with E-state index < -0.39 is 0 Å². The predicted molar refractivity (Wildman–Crippen MR) is 83.6 cm³/mol. The van der Waals surface area contributed by atoms with E-state index in [0.29, 0.717) is 5.13 Å². The average Bonchev–Trinajstić information content (AvgIpc) is 3.03. The molecule has 6 heteroatoms. The van der Waals surface area contributed by atoms with E-state index >= 15 is 0 Å². The zero-order chi connectivity index (χ0) is 14.8. The Kier molecular flexibility index (Phi) is 3.62. The van der Waals surface area contributed by atoms with Gasteiger partial charge in [0.2, 0.25) is 0 Å². The van der Waals surface area contributed by atoms with Crippen LogP contribution in [0.1, 0.15) is 24.5 Å². The first-order valence-corrected chi connectivity index (χ1v) is 7.43. The summed E-state index contributed by atoms with van der Waals surface area (Å²) in [6, 6.07) is 11.0. The molecule has 1 unspecified atom stereocenters. The second-order valence-electron chi connectivity index (χ2n) is 4.76. The van der Waals surface area contributed by atoms with Crippen molar-refractivity contribution in [3.05, 3.63) is 47.9 Å². The summed E-state index contributed by atoms with van der Waals surface area (Å²) in [5, 5.41) is 6.16. The summed E-state index contributed by atoms with van der Waals surface area (Å²) < 4.78 is 6.53. The third-order valence-electron chi connectivity index (χ3n) is 3.05. The standard InChI is InChI=1S/C15H15N3O2S/c1-9-7-8-12(20-9)10(2)16-14(19)18-15-17-11-5-3-4-6-13(11)21-15/h3-8,10H,1-2H3,(H2,16,17,18,19). The number of nitrogens with one attached hydrogen (secondary N) is 2. The number of anilines is 1. The van der Waals surface area contributed by atoms with Crippen molar-refractivity contribution in [3.63, 3.8) is 0 Å². The molecule has 2 aromatic heterocycles. The maximum absolute atomic E-state index is 12.0. The number of carbonyl (C=O) groups excluding carboxylic acids is 1. The summed E-state index contributed by atoms with van der Waals surface area (Å²) in [5.41, 5.74) is 0.882. The zero-order valence-corrected chi connectivity index (χ0v) is 12.5. The maximum atomic E-state index is 12.0. The minimum absolute atomic E-state index is 0.201. The Balaban J connectivity index is 1.66. The van der Waals surface area contributed by atoms with Gasteiger partial charge < -0.3 is 9.73 Å². The Morgan fingerprint density at radius 1 is 1.29 bits per heavy atom. The van der Waals surface area contributed by atoms with Crippen molar-refractivity contribution in [1.29, 1.82) is 0 Å². The molecular formula is C15H15N3O2S. The Morgan fingerprint density at radius 2 is 2.10 bits per heavy atom. The number of furan rings is 1. The van der Waals surface area contributed by atoms with E-state index in [-0.39, 0.29) is 12.1 Å². The van der Waals surface area contributed by atoms with Gasteiger partial charge in [-0.3, -0.25) is 5.32 Å². The van der Waals surface area contributed by atoms with Gasteiger partial charge in [-0.1, -0.05) is 23.5 Å². The number of thiazole rings is 1. The van der Waals surface area contributed by atoms with Crippen LogP contribution in [0, 0.1) is 6.92 Å². The molecule has 0 radical (unpaired) electrons. The quantitative estimate of drug-likeness (QED) is 0.766. The van der Waals surface area contributed by atoms with Crippen molar-refractivity contribution >= 4 is 32.7 Å². The fourth-order valence-corrected chi connectivity index (χ4v) is 2.87. The molecule has 1 aromatic carbocycles. The van der Waals surface area contributed by atoms with E-state index in [1.54, 1.807) is 0 Å². The highest BCUT2D eigenvalue weighted by Crippen LogP contribution is 2.25. The molecule has 5 nitrogen and oxygen atoms in total. The first-order chi connectivity index (χ1) is 10.1. The van der Waals surface area contributed by atoms with Crippen LogP contribution in [0.2, 0.25) is 0 Å². The normalized spacial score (nSPS) is 12.3. The van der Waals surface area contributed by atoms with E-state index in [4.69, 9.17) is 4.42 Å². The summed E-state index contributed by atoms with van der Waals surface area (Å²) in [6.07, 6.45) is 0. The first-order valence-electron chi connectivity index (χ1n) is 6.61. The molecule has 0 saturated carbocycles. The van der Waals surface area contributed by atoms with Gasteiger partial charge >= 0.3 is 6.03 Å². The fourth-order valence-electron chi connectivity index (χ4n) is 2.01. The lowest BCUT2D eigenvalue weighted by molar-refractivity contribution is 0.247. The number of para-hydroxylation sites is 1. The molecule has 3 aromatic rings. The third-order valence-corrected chi connectivity index (χ3v) is 4.00. The van der Waals surface area contributed by atoms with E-state index in [0.717, 1.165) is 21.7 Å². The van der Waals surface area contributed by atoms with Crippen LogP contribution in [-0.4, -0.2) is 11.0 Å². The summed E-state index contributed by atoms with van der Waals surface area (Å²) in [7, 11) is 0. The summed E-state index contributed by atoms with van der Waals surface area (Å²) in [4.78, 5) is 16.3. The van der Waals surface area contributed by atoms with Gasteiger partial charge in [0.05, 0.1) is 16.3 Å². The number of urea groups is 1. The molecule has 0 spiro atoms. The van der Waals surface area contributed by atoms with Gasteiger partial charge in [-0.05, 0) is 38.1 Å². The topological polar surface area (TPSA) is 67.2 Å². The average molecular weight is 301 g/mol. The zero-order valence-electron chi connectivity index (χ0n) is 11.7. The lowest BCUT2D eigenvalue weighted by Crippen LogP contribution is -2.30. The molecule has 2 N–H and O–H groups in total. The minimum Gasteiger partial charge on any atom is -0.464 e. The molecule has 0 aliphatic heterocycles. The number of nitrogens with zero attached hydrogens (tertiary/aromatic N) is 1. The van der Waals surface area contributed by atoms with Gasteiger partial charge in [0.15, 0.2) is 5.13 Å². The number of hydrogen-bond acceptors (Lipinski definition) is 4. The van der Waals surface area contributed by atoms with Crippen LogP contribution in [0.25, 0.3) is 10.2 Å². The smallest absolute Gasteiger partial charge is 0.321 e. The summed E-state index contributed by atoms with van der Waals surface area (Å²) in [6.45, 7) is 3.74. The number of fused-ring (bicyclic) bond motifs is 1. The van der Waals surface area contributed by atoms with Crippen molar-refractivity contribution in [2.45, 2.75) is 19.9 Å². The molecule has 108 valence electrons. The van der Waals surface area contributed by atoms with Crippen LogP contribution in [0.4, 0.5) is 9.93 Å². The predicted octanol–water partition coefficient (Wildman–Crippen LogP) is 4.08. The molecule has 0 aliphatic rings.